The number of benzene rings is 2. The van der Waals surface area contributed by atoms with Crippen molar-refractivity contribution in [2.45, 2.75) is 12.6 Å². The second-order valence-corrected chi connectivity index (χ2v) is 5.32. The number of hydrogen-bond acceptors (Lipinski definition) is 2. The number of halogens is 3. The fourth-order valence-electron chi connectivity index (χ4n) is 2.01. The summed E-state index contributed by atoms with van der Waals surface area (Å²) < 4.78 is 27.2. The lowest BCUT2D eigenvalue weighted by atomic mass is 10.1. The zero-order chi connectivity index (χ0) is 16.1. The maximum atomic E-state index is 13.6. The van der Waals surface area contributed by atoms with Gasteiger partial charge in [-0.15, -0.1) is 0 Å². The van der Waals surface area contributed by atoms with Gasteiger partial charge in [0, 0.05) is 5.33 Å². The summed E-state index contributed by atoms with van der Waals surface area (Å²) in [5, 5.41) is 12.0. The third kappa shape index (κ3) is 3.69. The predicted molar refractivity (Wildman–Crippen MR) is 82.7 cm³/mol. The molecule has 1 unspecified atom stereocenters. The largest absolute Gasteiger partial charge is 0.392 e. The first-order chi connectivity index (χ1) is 10.6. The highest BCUT2D eigenvalue weighted by atomic mass is 79.9. The molecule has 0 aliphatic carbocycles. The molecule has 1 amide bonds. The van der Waals surface area contributed by atoms with Gasteiger partial charge in [0.25, 0.3) is 5.91 Å². The number of hydrogen-bond donors (Lipinski definition) is 2. The van der Waals surface area contributed by atoms with Gasteiger partial charge in [0.2, 0.25) is 0 Å². The van der Waals surface area contributed by atoms with Gasteiger partial charge in [0.05, 0.1) is 12.6 Å². The van der Waals surface area contributed by atoms with Gasteiger partial charge in [-0.1, -0.05) is 46.3 Å². The predicted octanol–water partition coefficient (Wildman–Crippen LogP) is 3.32. The van der Waals surface area contributed by atoms with Gasteiger partial charge in [0.1, 0.15) is 17.2 Å². The number of rotatable bonds is 5. The van der Waals surface area contributed by atoms with Crippen LogP contribution in [0.2, 0.25) is 0 Å². The number of alkyl halides is 1. The lowest BCUT2D eigenvalue weighted by Gasteiger charge is -2.17. The first-order valence-electron chi connectivity index (χ1n) is 6.57. The summed E-state index contributed by atoms with van der Waals surface area (Å²) >= 11 is 3.27. The fraction of sp³-hybridized carbons (Fsp3) is 0.188. The third-order valence-corrected chi connectivity index (χ3v) is 3.86. The van der Waals surface area contributed by atoms with Crippen LogP contribution in [0.15, 0.2) is 42.5 Å². The standard InChI is InChI=1S/C16H14BrF2NO2/c17-8-14(11-6-4-10(9-21)5-7-11)20-16(22)15-12(18)2-1-3-13(15)19/h1-7,14,21H,8-9H2,(H,20,22). The summed E-state index contributed by atoms with van der Waals surface area (Å²) in [4.78, 5) is 12.1. The number of carbonyl (C=O) groups is 1. The summed E-state index contributed by atoms with van der Waals surface area (Å²) in [6.07, 6.45) is 0. The van der Waals surface area contributed by atoms with Crippen LogP contribution < -0.4 is 5.32 Å². The normalized spacial score (nSPS) is 12.0. The Balaban J connectivity index is 2.20. The van der Waals surface area contributed by atoms with Crippen molar-refractivity contribution in [1.82, 2.24) is 5.32 Å². The Morgan fingerprint density at radius 2 is 1.73 bits per heavy atom. The van der Waals surface area contributed by atoms with Gasteiger partial charge in [-0.05, 0) is 23.3 Å². The lowest BCUT2D eigenvalue weighted by molar-refractivity contribution is 0.0932. The van der Waals surface area contributed by atoms with Crippen molar-refractivity contribution in [1.29, 1.82) is 0 Å². The second kappa shape index (κ2) is 7.47. The molecular weight excluding hydrogens is 356 g/mol. The molecule has 2 rings (SSSR count). The van der Waals surface area contributed by atoms with Crippen LogP contribution in [0.1, 0.15) is 27.5 Å². The van der Waals surface area contributed by atoms with E-state index in [0.717, 1.165) is 23.3 Å². The molecule has 0 spiro atoms. The van der Waals surface area contributed by atoms with E-state index in [1.165, 1.54) is 6.07 Å². The number of aliphatic hydroxyl groups excluding tert-OH is 1. The average Bonchev–Trinajstić information content (AvgIpc) is 2.52. The summed E-state index contributed by atoms with van der Waals surface area (Å²) in [7, 11) is 0. The Hall–Kier alpha value is -1.79. The SMILES string of the molecule is O=C(NC(CBr)c1ccc(CO)cc1)c1c(F)cccc1F. The van der Waals surface area contributed by atoms with E-state index in [1.54, 1.807) is 24.3 Å². The molecular formula is C16H14BrF2NO2. The minimum atomic E-state index is -0.901. The molecule has 0 saturated heterocycles. The van der Waals surface area contributed by atoms with Crippen LogP contribution in [0, 0.1) is 11.6 Å². The van der Waals surface area contributed by atoms with E-state index in [1.807, 2.05) is 0 Å². The summed E-state index contributed by atoms with van der Waals surface area (Å²) in [5.41, 5.74) is 0.906. The molecule has 0 aliphatic rings. The van der Waals surface area contributed by atoms with Gasteiger partial charge < -0.3 is 10.4 Å². The molecule has 0 aromatic heterocycles. The van der Waals surface area contributed by atoms with E-state index in [4.69, 9.17) is 5.11 Å². The van der Waals surface area contributed by atoms with E-state index in [-0.39, 0.29) is 6.61 Å². The van der Waals surface area contributed by atoms with Crippen molar-refractivity contribution >= 4 is 21.8 Å². The number of carbonyl (C=O) groups excluding carboxylic acids is 1. The minimum absolute atomic E-state index is 0.0773. The Morgan fingerprint density at radius 3 is 2.23 bits per heavy atom. The van der Waals surface area contributed by atoms with E-state index in [0.29, 0.717) is 5.33 Å². The molecule has 1 atom stereocenters. The molecule has 0 heterocycles. The van der Waals surface area contributed by atoms with Crippen LogP contribution in [-0.4, -0.2) is 16.3 Å². The molecule has 116 valence electrons. The Kier molecular flexibility index (Phi) is 5.63. The number of amides is 1. The maximum absolute atomic E-state index is 13.6. The third-order valence-electron chi connectivity index (χ3n) is 3.21. The molecule has 0 aliphatic heterocycles. The zero-order valence-electron chi connectivity index (χ0n) is 11.5. The second-order valence-electron chi connectivity index (χ2n) is 4.68. The zero-order valence-corrected chi connectivity index (χ0v) is 13.1. The topological polar surface area (TPSA) is 49.3 Å². The summed E-state index contributed by atoms with van der Waals surface area (Å²) in [6.45, 7) is -0.0773. The Bertz CT molecular complexity index is 641. The molecule has 6 heteroatoms. The van der Waals surface area contributed by atoms with Crippen LogP contribution in [0.25, 0.3) is 0 Å². The molecule has 2 N–H and O–H groups in total. The summed E-state index contributed by atoms with van der Waals surface area (Å²) in [5.74, 6) is -2.62. The van der Waals surface area contributed by atoms with Crippen molar-refractivity contribution in [3.8, 4) is 0 Å². The summed E-state index contributed by atoms with van der Waals surface area (Å²) in [6, 6.07) is 9.78. The molecule has 2 aromatic carbocycles. The highest BCUT2D eigenvalue weighted by Gasteiger charge is 2.20. The highest BCUT2D eigenvalue weighted by Crippen LogP contribution is 2.19. The Labute approximate surface area is 135 Å². The van der Waals surface area contributed by atoms with E-state index >= 15 is 0 Å². The van der Waals surface area contributed by atoms with Crippen molar-refractivity contribution in [3.63, 3.8) is 0 Å². The van der Waals surface area contributed by atoms with Gasteiger partial charge in [-0.25, -0.2) is 8.78 Å². The monoisotopic (exact) mass is 369 g/mol. The van der Waals surface area contributed by atoms with Crippen LogP contribution >= 0.6 is 15.9 Å². The number of nitrogens with one attached hydrogen (secondary N) is 1. The maximum Gasteiger partial charge on any atom is 0.257 e. The lowest BCUT2D eigenvalue weighted by Crippen LogP contribution is -2.31. The van der Waals surface area contributed by atoms with Crippen molar-refractivity contribution in [2.24, 2.45) is 0 Å². The van der Waals surface area contributed by atoms with Crippen molar-refractivity contribution in [3.05, 3.63) is 70.8 Å². The van der Waals surface area contributed by atoms with Crippen LogP contribution in [-0.2, 0) is 6.61 Å². The van der Waals surface area contributed by atoms with E-state index < -0.39 is 29.1 Å². The van der Waals surface area contributed by atoms with Crippen LogP contribution in [0.4, 0.5) is 8.78 Å². The molecule has 0 bridgehead atoms. The average molecular weight is 370 g/mol. The van der Waals surface area contributed by atoms with Gasteiger partial charge in [-0.3, -0.25) is 4.79 Å². The van der Waals surface area contributed by atoms with E-state index in [2.05, 4.69) is 21.2 Å². The quantitative estimate of drug-likeness (QED) is 0.794. The Morgan fingerprint density at radius 1 is 1.14 bits per heavy atom. The van der Waals surface area contributed by atoms with Crippen molar-refractivity contribution in [2.75, 3.05) is 5.33 Å². The van der Waals surface area contributed by atoms with Crippen LogP contribution in [0.5, 0.6) is 0 Å². The molecule has 2 aromatic rings. The fourth-order valence-corrected chi connectivity index (χ4v) is 2.55. The molecule has 3 nitrogen and oxygen atoms in total. The smallest absolute Gasteiger partial charge is 0.257 e. The molecule has 22 heavy (non-hydrogen) atoms. The molecule has 0 saturated carbocycles. The van der Waals surface area contributed by atoms with E-state index in [9.17, 15) is 13.6 Å². The highest BCUT2D eigenvalue weighted by molar-refractivity contribution is 9.09. The molecule has 0 fully saturated rings. The van der Waals surface area contributed by atoms with Gasteiger partial charge in [0.15, 0.2) is 0 Å². The van der Waals surface area contributed by atoms with Gasteiger partial charge in [-0.2, -0.15) is 0 Å². The minimum Gasteiger partial charge on any atom is -0.392 e. The van der Waals surface area contributed by atoms with Gasteiger partial charge >= 0.3 is 0 Å². The molecule has 0 radical (unpaired) electrons. The first kappa shape index (κ1) is 16.6. The first-order valence-corrected chi connectivity index (χ1v) is 7.69. The van der Waals surface area contributed by atoms with Crippen molar-refractivity contribution < 1.29 is 18.7 Å². The number of aliphatic hydroxyl groups is 1. The van der Waals surface area contributed by atoms with Crippen LogP contribution in [0.3, 0.4) is 0 Å².